The van der Waals surface area contributed by atoms with Crippen molar-refractivity contribution in [1.29, 1.82) is 0 Å². The zero-order valence-corrected chi connectivity index (χ0v) is 17.2. The summed E-state index contributed by atoms with van der Waals surface area (Å²) in [6.45, 7) is 1.93. The van der Waals surface area contributed by atoms with E-state index in [0.717, 1.165) is 42.1 Å². The Morgan fingerprint density at radius 1 is 1.15 bits per heavy atom. The number of carbonyl (C=O) groups is 2. The summed E-state index contributed by atoms with van der Waals surface area (Å²) in [5.41, 5.74) is 7.20. The van der Waals surface area contributed by atoms with E-state index < -0.39 is 11.8 Å². The number of aryl methyl sites for hydroxylation is 1. The molecule has 2 amide bonds. The quantitative estimate of drug-likeness (QED) is 0.706. The SMILES string of the molecule is Cc1c(C(=O)NNC(=O)c2ccccc2Cl)oc2c1C1(CCC2)SCCS1. The minimum absolute atomic E-state index is 0.0144. The van der Waals surface area contributed by atoms with Crippen LogP contribution in [-0.2, 0) is 10.5 Å². The molecule has 1 aromatic carbocycles. The number of benzene rings is 1. The van der Waals surface area contributed by atoms with Crippen molar-refractivity contribution in [3.63, 3.8) is 0 Å². The number of rotatable bonds is 2. The van der Waals surface area contributed by atoms with Crippen LogP contribution in [0.3, 0.4) is 0 Å². The lowest BCUT2D eigenvalue weighted by molar-refractivity contribution is 0.0829. The molecule has 0 unspecified atom stereocenters. The van der Waals surface area contributed by atoms with Crippen LogP contribution in [0.2, 0.25) is 5.02 Å². The van der Waals surface area contributed by atoms with Gasteiger partial charge in [0.15, 0.2) is 5.76 Å². The molecule has 1 saturated heterocycles. The van der Waals surface area contributed by atoms with E-state index in [9.17, 15) is 9.59 Å². The van der Waals surface area contributed by atoms with Gasteiger partial charge in [-0.2, -0.15) is 0 Å². The Morgan fingerprint density at radius 2 is 1.85 bits per heavy atom. The van der Waals surface area contributed by atoms with Gasteiger partial charge in [-0.15, -0.1) is 23.5 Å². The number of amides is 2. The smallest absolute Gasteiger partial charge is 0.305 e. The molecule has 1 fully saturated rings. The Hall–Kier alpha value is -1.57. The number of carbonyl (C=O) groups excluding carboxylic acids is 2. The predicted octanol–water partition coefficient (Wildman–Crippen LogP) is 4.29. The number of hydrazine groups is 1. The Kier molecular flexibility index (Phi) is 5.18. The molecule has 0 saturated carbocycles. The molecule has 5 nitrogen and oxygen atoms in total. The Labute approximate surface area is 170 Å². The van der Waals surface area contributed by atoms with Gasteiger partial charge in [-0.05, 0) is 31.9 Å². The summed E-state index contributed by atoms with van der Waals surface area (Å²) in [5.74, 6) is 2.48. The molecule has 27 heavy (non-hydrogen) atoms. The predicted molar refractivity (Wildman–Crippen MR) is 109 cm³/mol. The van der Waals surface area contributed by atoms with Crippen LogP contribution in [0.15, 0.2) is 28.7 Å². The van der Waals surface area contributed by atoms with E-state index in [0.29, 0.717) is 10.6 Å². The van der Waals surface area contributed by atoms with Crippen LogP contribution in [0.5, 0.6) is 0 Å². The summed E-state index contributed by atoms with van der Waals surface area (Å²) in [7, 11) is 0. The highest BCUT2D eigenvalue weighted by Crippen LogP contribution is 2.59. The van der Waals surface area contributed by atoms with Crippen molar-refractivity contribution in [3.8, 4) is 0 Å². The van der Waals surface area contributed by atoms with Gasteiger partial charge >= 0.3 is 5.91 Å². The van der Waals surface area contributed by atoms with Crippen molar-refractivity contribution >= 4 is 46.9 Å². The summed E-state index contributed by atoms with van der Waals surface area (Å²) < 4.78 is 5.95. The van der Waals surface area contributed by atoms with Crippen LogP contribution < -0.4 is 10.9 Å². The Balaban J connectivity index is 1.53. The number of furan rings is 1. The van der Waals surface area contributed by atoms with Crippen LogP contribution in [0.25, 0.3) is 0 Å². The first-order chi connectivity index (χ1) is 13.0. The highest BCUT2D eigenvalue weighted by Gasteiger charge is 2.45. The van der Waals surface area contributed by atoms with Gasteiger partial charge in [0.1, 0.15) is 5.76 Å². The second-order valence-corrected chi connectivity index (χ2v) is 10.00. The fraction of sp³-hybridized carbons (Fsp3) is 0.368. The molecule has 2 heterocycles. The molecule has 2 aromatic rings. The number of hydrogen-bond donors (Lipinski definition) is 2. The van der Waals surface area contributed by atoms with E-state index in [1.807, 2.05) is 30.4 Å². The molecule has 2 aliphatic rings. The van der Waals surface area contributed by atoms with Gasteiger partial charge in [-0.3, -0.25) is 20.4 Å². The third kappa shape index (κ3) is 3.37. The summed E-state index contributed by atoms with van der Waals surface area (Å²) in [4.78, 5) is 24.9. The molecule has 0 radical (unpaired) electrons. The topological polar surface area (TPSA) is 71.3 Å². The molecule has 1 aromatic heterocycles. The van der Waals surface area contributed by atoms with E-state index in [2.05, 4.69) is 10.9 Å². The van der Waals surface area contributed by atoms with Gasteiger partial charge in [-0.1, -0.05) is 23.7 Å². The molecule has 1 aliphatic carbocycles. The largest absolute Gasteiger partial charge is 0.455 e. The number of fused-ring (bicyclic) bond motifs is 2. The van der Waals surface area contributed by atoms with Gasteiger partial charge in [0.05, 0.1) is 14.7 Å². The Morgan fingerprint density at radius 3 is 2.59 bits per heavy atom. The first-order valence-electron chi connectivity index (χ1n) is 8.78. The van der Waals surface area contributed by atoms with Gasteiger partial charge in [0, 0.05) is 29.1 Å². The second-order valence-electron chi connectivity index (χ2n) is 6.55. The lowest BCUT2D eigenvalue weighted by Crippen LogP contribution is -2.41. The number of halogens is 1. The lowest BCUT2D eigenvalue weighted by atomic mass is 9.94. The zero-order valence-electron chi connectivity index (χ0n) is 14.8. The summed E-state index contributed by atoms with van der Waals surface area (Å²) >= 11 is 9.92. The van der Waals surface area contributed by atoms with E-state index in [1.54, 1.807) is 24.3 Å². The number of thioether (sulfide) groups is 2. The average Bonchev–Trinajstić information content (AvgIpc) is 3.26. The fourth-order valence-electron chi connectivity index (χ4n) is 3.70. The van der Waals surface area contributed by atoms with Crippen molar-refractivity contribution in [2.24, 2.45) is 0 Å². The third-order valence-corrected chi connectivity index (χ3v) is 8.74. The maximum absolute atomic E-state index is 12.6. The maximum Gasteiger partial charge on any atom is 0.305 e. The highest BCUT2D eigenvalue weighted by molar-refractivity contribution is 8.20. The van der Waals surface area contributed by atoms with Gasteiger partial charge in [0.2, 0.25) is 0 Å². The third-order valence-electron chi connectivity index (χ3n) is 4.88. The maximum atomic E-state index is 12.6. The van der Waals surface area contributed by atoms with Crippen LogP contribution in [-0.4, -0.2) is 23.3 Å². The van der Waals surface area contributed by atoms with Crippen LogP contribution in [0.1, 0.15) is 50.6 Å². The molecule has 4 rings (SSSR count). The summed E-state index contributed by atoms with van der Waals surface area (Å²) in [6, 6.07) is 6.67. The van der Waals surface area contributed by atoms with Crippen molar-refractivity contribution in [2.75, 3.05) is 11.5 Å². The fourth-order valence-corrected chi connectivity index (χ4v) is 7.48. The number of nitrogens with one attached hydrogen (secondary N) is 2. The first-order valence-corrected chi connectivity index (χ1v) is 11.1. The molecular weight excluding hydrogens is 404 g/mol. The number of hydrogen-bond acceptors (Lipinski definition) is 5. The molecular formula is C19H19ClN2O3S2. The molecule has 2 N–H and O–H groups in total. The second kappa shape index (κ2) is 7.45. The molecule has 0 atom stereocenters. The van der Waals surface area contributed by atoms with E-state index in [-0.39, 0.29) is 9.84 Å². The van der Waals surface area contributed by atoms with Gasteiger partial charge in [0.25, 0.3) is 5.91 Å². The summed E-state index contributed by atoms with van der Waals surface area (Å²) in [5, 5.41) is 0.325. The molecule has 8 heteroatoms. The van der Waals surface area contributed by atoms with Gasteiger partial charge < -0.3 is 4.42 Å². The van der Waals surface area contributed by atoms with Crippen molar-refractivity contribution in [1.82, 2.24) is 10.9 Å². The normalized spacial score (nSPS) is 17.6. The zero-order chi connectivity index (χ0) is 19.0. The molecule has 142 valence electrons. The monoisotopic (exact) mass is 422 g/mol. The average molecular weight is 423 g/mol. The van der Waals surface area contributed by atoms with Gasteiger partial charge in [-0.25, -0.2) is 0 Å². The van der Waals surface area contributed by atoms with E-state index >= 15 is 0 Å². The standard InChI is InChI=1S/C19H19ClN2O3S2/c1-11-15-14(7-4-8-19(15)26-9-10-27-19)25-16(11)18(24)22-21-17(23)12-5-2-3-6-13(12)20/h2-3,5-6H,4,7-10H2,1H3,(H,21,23)(H,22,24). The van der Waals surface area contributed by atoms with E-state index in [4.69, 9.17) is 16.0 Å². The van der Waals surface area contributed by atoms with Crippen LogP contribution in [0.4, 0.5) is 0 Å². The van der Waals surface area contributed by atoms with Crippen molar-refractivity contribution in [3.05, 3.63) is 57.5 Å². The minimum atomic E-state index is -0.471. The lowest BCUT2D eigenvalue weighted by Gasteiger charge is -2.31. The van der Waals surface area contributed by atoms with Crippen LogP contribution in [0, 0.1) is 6.92 Å². The van der Waals surface area contributed by atoms with Crippen LogP contribution >= 0.6 is 35.1 Å². The first kappa shape index (κ1) is 18.8. The molecule has 0 bridgehead atoms. The summed E-state index contributed by atoms with van der Waals surface area (Å²) in [6.07, 6.45) is 3.00. The Bertz CT molecular complexity index is 906. The van der Waals surface area contributed by atoms with Crippen molar-refractivity contribution < 1.29 is 14.0 Å². The minimum Gasteiger partial charge on any atom is -0.455 e. The molecule has 1 spiro atoms. The highest BCUT2D eigenvalue weighted by atomic mass is 35.5. The van der Waals surface area contributed by atoms with Crippen molar-refractivity contribution in [2.45, 2.75) is 30.3 Å². The molecule has 1 aliphatic heterocycles. The van der Waals surface area contributed by atoms with E-state index in [1.165, 1.54) is 5.56 Å².